The van der Waals surface area contributed by atoms with E-state index in [2.05, 4.69) is 5.32 Å². The van der Waals surface area contributed by atoms with Crippen LogP contribution in [-0.4, -0.2) is 17.0 Å². The zero-order chi connectivity index (χ0) is 16.1. The molecule has 22 heavy (non-hydrogen) atoms. The Bertz CT molecular complexity index is 836. The molecule has 1 aromatic carbocycles. The van der Waals surface area contributed by atoms with Gasteiger partial charge in [-0.05, 0) is 23.6 Å². The molecule has 2 unspecified atom stereocenters. The number of carbonyl (C=O) groups excluding carboxylic acids is 1. The first kappa shape index (κ1) is 14.3. The van der Waals surface area contributed by atoms with Gasteiger partial charge in [0.15, 0.2) is 5.43 Å². The fourth-order valence-corrected chi connectivity index (χ4v) is 2.97. The van der Waals surface area contributed by atoms with E-state index in [4.69, 9.17) is 9.52 Å². The summed E-state index contributed by atoms with van der Waals surface area (Å²) < 4.78 is 5.20. The third kappa shape index (κ3) is 2.16. The Hall–Kier alpha value is -2.63. The molecule has 1 aromatic heterocycles. The molecule has 6 nitrogen and oxygen atoms in total. The molecule has 3 rings (SSSR count). The minimum atomic E-state index is -0.968. The van der Waals surface area contributed by atoms with Crippen molar-refractivity contribution in [2.45, 2.75) is 13.8 Å². The van der Waals surface area contributed by atoms with Crippen LogP contribution in [0.3, 0.4) is 0 Å². The van der Waals surface area contributed by atoms with E-state index in [1.165, 1.54) is 18.4 Å². The molecule has 1 aliphatic rings. The van der Waals surface area contributed by atoms with Gasteiger partial charge in [0.1, 0.15) is 5.58 Å². The summed E-state index contributed by atoms with van der Waals surface area (Å²) in [4.78, 5) is 35.1. The molecule has 1 saturated carbocycles. The molecule has 0 aliphatic heterocycles. The van der Waals surface area contributed by atoms with Crippen molar-refractivity contribution >= 4 is 28.5 Å². The van der Waals surface area contributed by atoms with Crippen molar-refractivity contribution < 1.29 is 19.1 Å². The Labute approximate surface area is 125 Å². The first-order chi connectivity index (χ1) is 10.3. The van der Waals surface area contributed by atoms with Crippen LogP contribution in [0.2, 0.25) is 0 Å². The largest absolute Gasteiger partial charge is 0.481 e. The van der Waals surface area contributed by atoms with Gasteiger partial charge in [0.05, 0.1) is 23.5 Å². The summed E-state index contributed by atoms with van der Waals surface area (Å²) in [5.74, 6) is -2.58. The monoisotopic (exact) mass is 301 g/mol. The fraction of sp³-hybridized carbons (Fsp3) is 0.312. The van der Waals surface area contributed by atoms with Crippen molar-refractivity contribution in [2.75, 3.05) is 5.32 Å². The predicted molar refractivity (Wildman–Crippen MR) is 79.5 cm³/mol. The van der Waals surface area contributed by atoms with Gasteiger partial charge in [0, 0.05) is 11.8 Å². The second kappa shape index (κ2) is 4.69. The van der Waals surface area contributed by atoms with Gasteiger partial charge >= 0.3 is 5.97 Å². The maximum atomic E-state index is 12.3. The Morgan fingerprint density at radius 1 is 1.23 bits per heavy atom. The number of anilines is 1. The van der Waals surface area contributed by atoms with Crippen LogP contribution in [0.1, 0.15) is 13.8 Å². The number of hydrogen-bond acceptors (Lipinski definition) is 4. The van der Waals surface area contributed by atoms with Crippen LogP contribution >= 0.6 is 0 Å². The van der Waals surface area contributed by atoms with Crippen molar-refractivity contribution in [3.05, 3.63) is 40.8 Å². The Morgan fingerprint density at radius 3 is 2.59 bits per heavy atom. The highest BCUT2D eigenvalue weighted by atomic mass is 16.4. The van der Waals surface area contributed by atoms with E-state index in [-0.39, 0.29) is 11.3 Å². The lowest BCUT2D eigenvalue weighted by Crippen LogP contribution is -2.17. The minimum absolute atomic E-state index is 0.201. The third-order valence-electron chi connectivity index (χ3n) is 4.30. The Morgan fingerprint density at radius 2 is 1.95 bits per heavy atom. The van der Waals surface area contributed by atoms with Crippen molar-refractivity contribution in [1.82, 2.24) is 0 Å². The molecule has 2 N–H and O–H groups in total. The molecule has 0 bridgehead atoms. The van der Waals surface area contributed by atoms with Crippen LogP contribution in [0.4, 0.5) is 5.69 Å². The van der Waals surface area contributed by atoms with Crippen LogP contribution in [-0.2, 0) is 9.59 Å². The number of carboxylic acid groups (broad SMARTS) is 1. The second-order valence-electron chi connectivity index (χ2n) is 6.10. The van der Waals surface area contributed by atoms with Crippen molar-refractivity contribution in [2.24, 2.45) is 17.3 Å². The van der Waals surface area contributed by atoms with E-state index >= 15 is 0 Å². The highest BCUT2D eigenvalue weighted by Gasteiger charge is 2.65. The van der Waals surface area contributed by atoms with Gasteiger partial charge in [-0.25, -0.2) is 0 Å². The number of aliphatic carboxylic acids is 1. The van der Waals surface area contributed by atoms with Gasteiger partial charge in [-0.2, -0.15) is 0 Å². The van der Waals surface area contributed by atoms with Crippen molar-refractivity contribution in [3.63, 3.8) is 0 Å². The normalized spacial score (nSPS) is 22.3. The number of rotatable bonds is 3. The van der Waals surface area contributed by atoms with Gasteiger partial charge in [0.25, 0.3) is 0 Å². The van der Waals surface area contributed by atoms with Gasteiger partial charge < -0.3 is 14.8 Å². The Kier molecular flexibility index (Phi) is 3.05. The lowest BCUT2D eigenvalue weighted by Gasteiger charge is -2.06. The zero-order valence-electron chi connectivity index (χ0n) is 12.1. The standard InChI is InChI=1S/C16H15NO5/c1-16(2)12(13(16)15(20)21)14(19)17-8-3-4-11-9(7-8)10(18)5-6-22-11/h3-7,12-13H,1-2H3,(H,17,19)(H,20,21). The minimum Gasteiger partial charge on any atom is -0.481 e. The number of carbonyl (C=O) groups is 2. The van der Waals surface area contributed by atoms with E-state index in [1.807, 2.05) is 0 Å². The number of fused-ring (bicyclic) bond motifs is 1. The molecule has 6 heteroatoms. The summed E-state index contributed by atoms with van der Waals surface area (Å²) in [6.07, 6.45) is 1.31. The molecule has 0 spiro atoms. The number of carboxylic acids is 1. The molecular weight excluding hydrogens is 286 g/mol. The smallest absolute Gasteiger partial charge is 0.307 e. The molecule has 1 heterocycles. The summed E-state index contributed by atoms with van der Waals surface area (Å²) in [6.45, 7) is 3.51. The summed E-state index contributed by atoms with van der Waals surface area (Å²) in [5, 5.41) is 12.2. The fourth-order valence-electron chi connectivity index (χ4n) is 2.97. The highest BCUT2D eigenvalue weighted by molar-refractivity contribution is 6.00. The molecular formula is C16H15NO5. The first-order valence-corrected chi connectivity index (χ1v) is 6.87. The predicted octanol–water partition coefficient (Wildman–Crippen LogP) is 2.09. The van der Waals surface area contributed by atoms with Crippen LogP contribution in [0.15, 0.2) is 39.7 Å². The van der Waals surface area contributed by atoms with Crippen molar-refractivity contribution in [3.8, 4) is 0 Å². The first-order valence-electron chi connectivity index (χ1n) is 6.87. The SMILES string of the molecule is CC1(C)C(C(=O)O)C1C(=O)Nc1ccc2occc(=O)c2c1. The molecule has 2 atom stereocenters. The highest BCUT2D eigenvalue weighted by Crippen LogP contribution is 2.58. The van der Waals surface area contributed by atoms with Crippen LogP contribution in [0.5, 0.6) is 0 Å². The Balaban J connectivity index is 1.85. The quantitative estimate of drug-likeness (QED) is 0.904. The lowest BCUT2D eigenvalue weighted by molar-refractivity contribution is -0.140. The van der Waals surface area contributed by atoms with Gasteiger partial charge in [0.2, 0.25) is 5.91 Å². The average molecular weight is 301 g/mol. The molecule has 1 fully saturated rings. The summed E-state index contributed by atoms with van der Waals surface area (Å²) in [5.41, 5.74) is 0.113. The van der Waals surface area contributed by atoms with E-state index < -0.39 is 23.2 Å². The van der Waals surface area contributed by atoms with Gasteiger partial charge in [-0.15, -0.1) is 0 Å². The molecule has 2 aromatic rings. The lowest BCUT2D eigenvalue weighted by atomic mass is 10.1. The number of amides is 1. The number of hydrogen-bond donors (Lipinski definition) is 2. The van der Waals surface area contributed by atoms with E-state index in [9.17, 15) is 14.4 Å². The number of nitrogens with one attached hydrogen (secondary N) is 1. The van der Waals surface area contributed by atoms with Gasteiger partial charge in [-0.3, -0.25) is 14.4 Å². The van der Waals surface area contributed by atoms with Crippen LogP contribution in [0.25, 0.3) is 11.0 Å². The van der Waals surface area contributed by atoms with E-state index in [0.29, 0.717) is 16.7 Å². The summed E-state index contributed by atoms with van der Waals surface area (Å²) in [6, 6.07) is 6.05. The average Bonchev–Trinajstić information content (AvgIpc) is 3.03. The van der Waals surface area contributed by atoms with E-state index in [0.717, 1.165) is 0 Å². The zero-order valence-corrected chi connectivity index (χ0v) is 12.1. The topological polar surface area (TPSA) is 96.6 Å². The molecule has 0 radical (unpaired) electrons. The van der Waals surface area contributed by atoms with Crippen molar-refractivity contribution in [1.29, 1.82) is 0 Å². The molecule has 0 saturated heterocycles. The van der Waals surface area contributed by atoms with E-state index in [1.54, 1.807) is 26.0 Å². The maximum Gasteiger partial charge on any atom is 0.307 e. The molecule has 114 valence electrons. The second-order valence-corrected chi connectivity index (χ2v) is 6.10. The third-order valence-corrected chi connectivity index (χ3v) is 4.30. The van der Waals surface area contributed by atoms with Crippen LogP contribution < -0.4 is 10.7 Å². The maximum absolute atomic E-state index is 12.3. The summed E-state index contributed by atoms with van der Waals surface area (Å²) >= 11 is 0. The number of benzene rings is 1. The van der Waals surface area contributed by atoms with Crippen LogP contribution in [0, 0.1) is 17.3 Å². The van der Waals surface area contributed by atoms with Gasteiger partial charge in [-0.1, -0.05) is 13.8 Å². The molecule has 1 aliphatic carbocycles. The molecule has 1 amide bonds. The summed E-state index contributed by atoms with van der Waals surface area (Å²) in [7, 11) is 0.